The molecule has 2 aromatic rings. The van der Waals surface area contributed by atoms with Gasteiger partial charge in [-0.1, -0.05) is 30.3 Å². The fourth-order valence-corrected chi connectivity index (χ4v) is 5.99. The van der Waals surface area contributed by atoms with Gasteiger partial charge in [0.05, 0.1) is 11.7 Å². The zero-order valence-electron chi connectivity index (χ0n) is 22.1. The molecule has 1 saturated carbocycles. The van der Waals surface area contributed by atoms with Crippen LogP contribution in [-0.2, 0) is 15.1 Å². The maximum atomic E-state index is 13.4. The van der Waals surface area contributed by atoms with Gasteiger partial charge in [-0.25, -0.2) is 0 Å². The van der Waals surface area contributed by atoms with E-state index in [-0.39, 0.29) is 23.8 Å². The lowest BCUT2D eigenvalue weighted by Crippen LogP contribution is -2.49. The van der Waals surface area contributed by atoms with Gasteiger partial charge in [-0.2, -0.15) is 0 Å². The number of hydrogen-bond donors (Lipinski definition) is 3. The van der Waals surface area contributed by atoms with Crippen LogP contribution in [0.1, 0.15) is 56.1 Å². The number of hydrogen-bond acceptors (Lipinski definition) is 6. The summed E-state index contributed by atoms with van der Waals surface area (Å²) in [4.78, 5) is 15.3. The molecule has 1 aliphatic heterocycles. The van der Waals surface area contributed by atoms with Crippen LogP contribution in [0.3, 0.4) is 0 Å². The molecule has 0 bridgehead atoms. The highest BCUT2D eigenvalue weighted by atomic mass is 16.5. The standard InChI is InChI=1S/C30H42N2O5/c1-21-9-7-11-24(17-21)37-28-13-4-3-12-25(28)30(35,14-5-6-16-36-2)23-10-8-15-32(20-23)29(34)22-18-26(31)27(33)19-22/h3-4,7,9,11-13,17,22-23,26-27,33,35H,5-6,8,10,14-16,18-20,31H2,1-2H3. The van der Waals surface area contributed by atoms with Gasteiger partial charge < -0.3 is 30.3 Å². The third-order valence-corrected chi connectivity index (χ3v) is 8.06. The average molecular weight is 511 g/mol. The maximum absolute atomic E-state index is 13.4. The van der Waals surface area contributed by atoms with Crippen LogP contribution in [0, 0.1) is 18.8 Å². The Morgan fingerprint density at radius 2 is 1.97 bits per heavy atom. The van der Waals surface area contributed by atoms with E-state index in [1.54, 1.807) is 7.11 Å². The normalized spacial score (nSPS) is 25.6. The van der Waals surface area contributed by atoms with Crippen LogP contribution >= 0.6 is 0 Å². The van der Waals surface area contributed by atoms with Crippen molar-refractivity contribution >= 4 is 5.91 Å². The smallest absolute Gasteiger partial charge is 0.225 e. The monoisotopic (exact) mass is 510 g/mol. The molecule has 1 saturated heterocycles. The van der Waals surface area contributed by atoms with Crippen molar-refractivity contribution < 1.29 is 24.5 Å². The van der Waals surface area contributed by atoms with Gasteiger partial charge in [0, 0.05) is 50.2 Å². The molecule has 1 amide bonds. The molecule has 2 aliphatic rings. The van der Waals surface area contributed by atoms with Crippen LogP contribution < -0.4 is 10.5 Å². The van der Waals surface area contributed by atoms with E-state index in [0.29, 0.717) is 44.7 Å². The fourth-order valence-electron chi connectivity index (χ4n) is 5.99. The summed E-state index contributed by atoms with van der Waals surface area (Å²) < 4.78 is 11.6. The third-order valence-electron chi connectivity index (χ3n) is 8.06. The summed E-state index contributed by atoms with van der Waals surface area (Å²) in [7, 11) is 1.69. The van der Waals surface area contributed by atoms with E-state index in [9.17, 15) is 15.0 Å². The molecule has 4 rings (SSSR count). The number of nitrogens with two attached hydrogens (primary N) is 1. The zero-order valence-corrected chi connectivity index (χ0v) is 22.1. The largest absolute Gasteiger partial charge is 0.457 e. The van der Waals surface area contributed by atoms with Gasteiger partial charge >= 0.3 is 0 Å². The second kappa shape index (κ2) is 12.4. The minimum atomic E-state index is -1.17. The maximum Gasteiger partial charge on any atom is 0.225 e. The highest BCUT2D eigenvalue weighted by molar-refractivity contribution is 5.79. The summed E-state index contributed by atoms with van der Waals surface area (Å²) in [5, 5.41) is 22.5. The van der Waals surface area contributed by atoms with Crippen molar-refractivity contribution in [3.05, 3.63) is 59.7 Å². The number of amides is 1. The number of carbonyl (C=O) groups excluding carboxylic acids is 1. The first-order chi connectivity index (χ1) is 17.8. The lowest BCUT2D eigenvalue weighted by atomic mass is 9.73. The molecule has 1 aliphatic carbocycles. The van der Waals surface area contributed by atoms with E-state index >= 15 is 0 Å². The van der Waals surface area contributed by atoms with Crippen LogP contribution in [-0.4, -0.2) is 60.0 Å². The Morgan fingerprint density at radius 1 is 1.16 bits per heavy atom. The number of aliphatic hydroxyl groups excluding tert-OH is 1. The molecule has 5 atom stereocenters. The second-order valence-corrected chi connectivity index (χ2v) is 10.8. The molecular weight excluding hydrogens is 468 g/mol. The van der Waals surface area contributed by atoms with Crippen molar-refractivity contribution in [1.82, 2.24) is 4.90 Å². The Morgan fingerprint density at radius 3 is 2.70 bits per heavy atom. The van der Waals surface area contributed by atoms with E-state index in [2.05, 4.69) is 0 Å². The first-order valence-corrected chi connectivity index (χ1v) is 13.6. The second-order valence-electron chi connectivity index (χ2n) is 10.8. The average Bonchev–Trinajstić information content (AvgIpc) is 3.24. The summed E-state index contributed by atoms with van der Waals surface area (Å²) in [6.07, 6.45) is 4.10. The van der Waals surface area contributed by atoms with Crippen molar-refractivity contribution in [1.29, 1.82) is 0 Å². The van der Waals surface area contributed by atoms with Gasteiger partial charge in [0.25, 0.3) is 0 Å². The summed E-state index contributed by atoms with van der Waals surface area (Å²) in [5.41, 5.74) is 6.68. The van der Waals surface area contributed by atoms with Crippen LogP contribution in [0.4, 0.5) is 0 Å². The van der Waals surface area contributed by atoms with Crippen LogP contribution in [0.15, 0.2) is 48.5 Å². The number of methoxy groups -OCH3 is 1. The molecule has 202 valence electrons. The predicted octanol–water partition coefficient (Wildman–Crippen LogP) is 4.13. The number of carbonyl (C=O) groups is 1. The molecule has 1 heterocycles. The Hall–Kier alpha value is -2.45. The van der Waals surface area contributed by atoms with Gasteiger partial charge in [0.15, 0.2) is 0 Å². The van der Waals surface area contributed by atoms with Gasteiger partial charge in [-0.3, -0.25) is 4.79 Å². The topological polar surface area (TPSA) is 105 Å². The SMILES string of the molecule is COCCCCC(O)(c1ccccc1Oc1cccc(C)c1)C1CCCN(C(=O)C2CC(N)C(O)C2)C1. The first kappa shape index (κ1) is 27.6. The molecule has 2 aromatic carbocycles. The van der Waals surface area contributed by atoms with Crippen LogP contribution in [0.5, 0.6) is 11.5 Å². The van der Waals surface area contributed by atoms with Gasteiger partial charge in [-0.15, -0.1) is 0 Å². The summed E-state index contributed by atoms with van der Waals surface area (Å²) in [6, 6.07) is 15.3. The molecule has 0 radical (unpaired) electrons. The molecular formula is C30H42N2O5. The van der Waals surface area contributed by atoms with E-state index in [0.717, 1.165) is 42.6 Å². The number of piperidine rings is 1. The number of para-hydroxylation sites is 1. The van der Waals surface area contributed by atoms with Crippen LogP contribution in [0.25, 0.3) is 0 Å². The molecule has 5 unspecified atom stereocenters. The molecule has 0 spiro atoms. The predicted molar refractivity (Wildman–Crippen MR) is 143 cm³/mol. The highest BCUT2D eigenvalue weighted by Crippen LogP contribution is 2.44. The zero-order chi connectivity index (χ0) is 26.4. The summed E-state index contributed by atoms with van der Waals surface area (Å²) in [5.74, 6) is 1.01. The van der Waals surface area contributed by atoms with E-state index < -0.39 is 11.7 Å². The Kier molecular flexibility index (Phi) is 9.24. The van der Waals surface area contributed by atoms with Gasteiger partial charge in [-0.05, 0) is 75.6 Å². The minimum Gasteiger partial charge on any atom is -0.457 e. The Bertz CT molecular complexity index is 1040. The summed E-state index contributed by atoms with van der Waals surface area (Å²) >= 11 is 0. The van der Waals surface area contributed by atoms with E-state index in [1.165, 1.54) is 0 Å². The number of unbranched alkanes of at least 4 members (excludes halogenated alkanes) is 1. The molecule has 7 heteroatoms. The quantitative estimate of drug-likeness (QED) is 0.415. The van der Waals surface area contributed by atoms with E-state index in [4.69, 9.17) is 15.2 Å². The molecule has 7 nitrogen and oxygen atoms in total. The number of rotatable bonds is 10. The molecule has 4 N–H and O–H groups in total. The molecule has 0 aromatic heterocycles. The number of aryl methyl sites for hydroxylation is 1. The van der Waals surface area contributed by atoms with Crippen LogP contribution in [0.2, 0.25) is 0 Å². The molecule has 37 heavy (non-hydrogen) atoms. The fraction of sp³-hybridized carbons (Fsp3) is 0.567. The number of likely N-dealkylation sites (tertiary alicyclic amines) is 1. The van der Waals surface area contributed by atoms with Gasteiger partial charge in [0.2, 0.25) is 5.91 Å². The third kappa shape index (κ3) is 6.52. The lowest BCUT2D eigenvalue weighted by molar-refractivity contribution is -0.141. The minimum absolute atomic E-state index is 0.0442. The molecule has 2 fully saturated rings. The van der Waals surface area contributed by atoms with Crippen molar-refractivity contribution in [2.75, 3.05) is 26.8 Å². The van der Waals surface area contributed by atoms with Crippen molar-refractivity contribution in [2.24, 2.45) is 17.6 Å². The lowest BCUT2D eigenvalue weighted by Gasteiger charge is -2.44. The Labute approximate surface area is 220 Å². The number of aliphatic hydroxyl groups is 2. The Balaban J connectivity index is 1.60. The van der Waals surface area contributed by atoms with Crippen molar-refractivity contribution in [2.45, 2.75) is 69.6 Å². The highest BCUT2D eigenvalue weighted by Gasteiger charge is 2.44. The van der Waals surface area contributed by atoms with E-state index in [1.807, 2.05) is 60.4 Å². The van der Waals surface area contributed by atoms with Crippen molar-refractivity contribution in [3.63, 3.8) is 0 Å². The first-order valence-electron chi connectivity index (χ1n) is 13.6. The van der Waals surface area contributed by atoms with Crippen molar-refractivity contribution in [3.8, 4) is 11.5 Å². The number of benzene rings is 2. The summed E-state index contributed by atoms with van der Waals surface area (Å²) in [6.45, 7) is 3.80. The number of nitrogens with zero attached hydrogens (tertiary/aromatic N) is 1. The number of ether oxygens (including phenoxy) is 2. The van der Waals surface area contributed by atoms with Gasteiger partial charge in [0.1, 0.15) is 11.5 Å².